The van der Waals surface area contributed by atoms with Crippen molar-refractivity contribution in [2.45, 2.75) is 26.9 Å². The average molecular weight is 268 g/mol. The number of ether oxygens (including phenoxy) is 1. The lowest BCUT2D eigenvalue weighted by molar-refractivity contribution is -0.142. The summed E-state index contributed by atoms with van der Waals surface area (Å²) in [6, 6.07) is 9.67. The zero-order valence-corrected chi connectivity index (χ0v) is 11.7. The SMILES string of the molecule is Cc1[nH]c2ccccc2c1C=C(C#N)C(=O)OC(C)C. The number of aryl methyl sites for hydroxylation is 1. The Hall–Kier alpha value is -2.54. The quantitative estimate of drug-likeness (QED) is 0.527. The van der Waals surface area contributed by atoms with E-state index in [0.717, 1.165) is 22.2 Å². The molecule has 0 aliphatic carbocycles. The Bertz CT molecular complexity index is 718. The number of para-hydroxylation sites is 1. The number of carbonyl (C=O) groups excluding carboxylic acids is 1. The number of nitrogens with one attached hydrogen (secondary N) is 1. The lowest BCUT2D eigenvalue weighted by Crippen LogP contribution is -2.12. The maximum absolute atomic E-state index is 11.8. The van der Waals surface area contributed by atoms with E-state index in [4.69, 9.17) is 10.00 Å². The first kappa shape index (κ1) is 13.9. The summed E-state index contributed by atoms with van der Waals surface area (Å²) in [4.78, 5) is 15.1. The van der Waals surface area contributed by atoms with Crippen LogP contribution in [0.25, 0.3) is 17.0 Å². The molecule has 0 amide bonds. The molecule has 1 aromatic carbocycles. The van der Waals surface area contributed by atoms with E-state index in [-0.39, 0.29) is 11.7 Å². The number of carbonyl (C=O) groups is 1. The molecule has 4 nitrogen and oxygen atoms in total. The number of esters is 1. The summed E-state index contributed by atoms with van der Waals surface area (Å²) < 4.78 is 5.06. The second kappa shape index (κ2) is 5.62. The molecule has 0 fully saturated rings. The molecule has 0 radical (unpaired) electrons. The highest BCUT2D eigenvalue weighted by atomic mass is 16.5. The van der Waals surface area contributed by atoms with Gasteiger partial charge in [-0.1, -0.05) is 18.2 Å². The minimum atomic E-state index is -0.591. The van der Waals surface area contributed by atoms with Gasteiger partial charge in [-0.25, -0.2) is 4.79 Å². The van der Waals surface area contributed by atoms with Crippen molar-refractivity contribution < 1.29 is 9.53 Å². The minimum Gasteiger partial charge on any atom is -0.459 e. The van der Waals surface area contributed by atoms with E-state index in [1.54, 1.807) is 19.9 Å². The zero-order chi connectivity index (χ0) is 14.7. The highest BCUT2D eigenvalue weighted by Crippen LogP contribution is 2.24. The molecule has 0 aliphatic rings. The number of benzene rings is 1. The molecule has 1 aromatic heterocycles. The van der Waals surface area contributed by atoms with Gasteiger partial charge in [0.15, 0.2) is 0 Å². The molecule has 1 heterocycles. The molecule has 0 aliphatic heterocycles. The maximum Gasteiger partial charge on any atom is 0.349 e. The van der Waals surface area contributed by atoms with E-state index >= 15 is 0 Å². The summed E-state index contributed by atoms with van der Waals surface area (Å²) in [6.07, 6.45) is 1.34. The molecule has 0 unspecified atom stereocenters. The van der Waals surface area contributed by atoms with Crippen molar-refractivity contribution in [3.63, 3.8) is 0 Å². The summed E-state index contributed by atoms with van der Waals surface area (Å²) in [5.41, 5.74) is 2.74. The van der Waals surface area contributed by atoms with E-state index in [2.05, 4.69) is 4.98 Å². The van der Waals surface area contributed by atoms with Crippen LogP contribution in [0.15, 0.2) is 29.8 Å². The summed E-state index contributed by atoms with van der Waals surface area (Å²) in [5, 5.41) is 10.1. The van der Waals surface area contributed by atoms with Gasteiger partial charge >= 0.3 is 5.97 Å². The highest BCUT2D eigenvalue weighted by Gasteiger charge is 2.14. The van der Waals surface area contributed by atoms with E-state index < -0.39 is 5.97 Å². The van der Waals surface area contributed by atoms with E-state index in [1.165, 1.54) is 0 Å². The topological polar surface area (TPSA) is 65.9 Å². The molecular weight excluding hydrogens is 252 g/mol. The molecule has 20 heavy (non-hydrogen) atoms. The third-order valence-corrected chi connectivity index (χ3v) is 2.92. The molecule has 0 bridgehead atoms. The van der Waals surface area contributed by atoms with Gasteiger partial charge in [0.1, 0.15) is 11.6 Å². The summed E-state index contributed by atoms with van der Waals surface area (Å²) >= 11 is 0. The molecule has 1 N–H and O–H groups in total. The average Bonchev–Trinajstić information content (AvgIpc) is 2.70. The van der Waals surface area contributed by atoms with Gasteiger partial charge in [-0.2, -0.15) is 5.26 Å². The third kappa shape index (κ3) is 2.72. The molecule has 0 spiro atoms. The molecular formula is C16H16N2O2. The predicted octanol–water partition coefficient (Wildman–Crippen LogP) is 3.33. The first-order chi connectivity index (χ1) is 9.52. The van der Waals surface area contributed by atoms with Crippen molar-refractivity contribution in [3.05, 3.63) is 41.1 Å². The second-order valence-corrected chi connectivity index (χ2v) is 4.83. The number of hydrogen-bond donors (Lipinski definition) is 1. The van der Waals surface area contributed by atoms with Crippen molar-refractivity contribution in [2.24, 2.45) is 0 Å². The van der Waals surface area contributed by atoms with Crippen LogP contribution >= 0.6 is 0 Å². The van der Waals surface area contributed by atoms with Crippen molar-refractivity contribution in [2.75, 3.05) is 0 Å². The summed E-state index contributed by atoms with van der Waals surface area (Å²) in [7, 11) is 0. The number of aromatic nitrogens is 1. The fourth-order valence-electron chi connectivity index (χ4n) is 2.04. The van der Waals surface area contributed by atoms with Gasteiger partial charge in [-0.3, -0.25) is 0 Å². The summed E-state index contributed by atoms with van der Waals surface area (Å²) in [6.45, 7) is 5.42. The fourth-order valence-corrected chi connectivity index (χ4v) is 2.04. The summed E-state index contributed by atoms with van der Waals surface area (Å²) in [5.74, 6) is -0.591. The first-order valence-corrected chi connectivity index (χ1v) is 6.43. The Morgan fingerprint density at radius 1 is 1.40 bits per heavy atom. The molecule has 0 saturated carbocycles. The molecule has 0 atom stereocenters. The predicted molar refractivity (Wildman–Crippen MR) is 77.9 cm³/mol. The lowest BCUT2D eigenvalue weighted by atomic mass is 10.1. The fraction of sp³-hybridized carbons (Fsp3) is 0.250. The van der Waals surface area contributed by atoms with Gasteiger partial charge in [0, 0.05) is 22.2 Å². The molecule has 2 aromatic rings. The van der Waals surface area contributed by atoms with Crippen LogP contribution in [0.1, 0.15) is 25.1 Å². The van der Waals surface area contributed by atoms with E-state index in [9.17, 15) is 4.79 Å². The van der Waals surface area contributed by atoms with Gasteiger partial charge < -0.3 is 9.72 Å². The molecule has 102 valence electrons. The van der Waals surface area contributed by atoms with Crippen LogP contribution in [-0.4, -0.2) is 17.1 Å². The van der Waals surface area contributed by atoms with Crippen molar-refractivity contribution in [1.29, 1.82) is 5.26 Å². The largest absolute Gasteiger partial charge is 0.459 e. The minimum absolute atomic E-state index is 0.00607. The number of H-pyrrole nitrogens is 1. The number of fused-ring (bicyclic) bond motifs is 1. The lowest BCUT2D eigenvalue weighted by Gasteiger charge is -2.06. The standard InChI is InChI=1S/C16H16N2O2/c1-10(2)20-16(19)12(9-17)8-14-11(3)18-15-7-5-4-6-13(14)15/h4-8,10,18H,1-3H3. The molecule has 4 heteroatoms. The Kier molecular flexibility index (Phi) is 3.90. The number of aromatic amines is 1. The van der Waals surface area contributed by atoms with Crippen LogP contribution in [0.5, 0.6) is 0 Å². The molecule has 2 rings (SSSR count). The Labute approximate surface area is 117 Å². The van der Waals surface area contributed by atoms with Gasteiger partial charge in [-0.15, -0.1) is 0 Å². The number of rotatable bonds is 3. The van der Waals surface area contributed by atoms with Crippen molar-refractivity contribution in [3.8, 4) is 6.07 Å². The van der Waals surface area contributed by atoms with Crippen molar-refractivity contribution >= 4 is 22.9 Å². The van der Waals surface area contributed by atoms with Crippen LogP contribution in [0.2, 0.25) is 0 Å². The number of nitrogens with zero attached hydrogens (tertiary/aromatic N) is 1. The van der Waals surface area contributed by atoms with Crippen molar-refractivity contribution in [1.82, 2.24) is 4.98 Å². The number of nitriles is 1. The Morgan fingerprint density at radius 3 is 2.75 bits per heavy atom. The smallest absolute Gasteiger partial charge is 0.349 e. The third-order valence-electron chi connectivity index (χ3n) is 2.92. The van der Waals surface area contributed by atoms with Crippen LogP contribution in [0.3, 0.4) is 0 Å². The van der Waals surface area contributed by atoms with Crippen LogP contribution < -0.4 is 0 Å². The van der Waals surface area contributed by atoms with E-state index in [1.807, 2.05) is 37.3 Å². The molecule has 0 saturated heterocycles. The number of hydrogen-bond acceptors (Lipinski definition) is 3. The first-order valence-electron chi connectivity index (χ1n) is 6.43. The Morgan fingerprint density at radius 2 is 2.10 bits per heavy atom. The Balaban J connectivity index is 2.48. The van der Waals surface area contributed by atoms with Crippen LogP contribution in [0, 0.1) is 18.3 Å². The van der Waals surface area contributed by atoms with Gasteiger partial charge in [0.25, 0.3) is 0 Å². The second-order valence-electron chi connectivity index (χ2n) is 4.83. The monoisotopic (exact) mass is 268 g/mol. The van der Waals surface area contributed by atoms with Crippen LogP contribution in [-0.2, 0) is 9.53 Å². The van der Waals surface area contributed by atoms with Gasteiger partial charge in [0.2, 0.25) is 0 Å². The highest BCUT2D eigenvalue weighted by molar-refractivity contribution is 6.01. The van der Waals surface area contributed by atoms with Gasteiger partial charge in [-0.05, 0) is 32.9 Å². The maximum atomic E-state index is 11.8. The normalized spacial score (nSPS) is 11.7. The zero-order valence-electron chi connectivity index (χ0n) is 11.7. The van der Waals surface area contributed by atoms with Crippen LogP contribution in [0.4, 0.5) is 0 Å². The van der Waals surface area contributed by atoms with Gasteiger partial charge in [0.05, 0.1) is 6.10 Å². The van der Waals surface area contributed by atoms with E-state index in [0.29, 0.717) is 0 Å².